The van der Waals surface area contributed by atoms with Crippen LogP contribution in [0.3, 0.4) is 0 Å². The zero-order chi connectivity index (χ0) is 18.5. The van der Waals surface area contributed by atoms with Crippen LogP contribution < -0.4 is 10.1 Å². The van der Waals surface area contributed by atoms with Crippen molar-refractivity contribution >= 4 is 17.5 Å². The number of nitrogens with one attached hydrogen (secondary N) is 1. The maximum Gasteiger partial charge on any atom is 0.273 e. The fraction of sp³-hybridized carbons (Fsp3) is 0.211. The summed E-state index contributed by atoms with van der Waals surface area (Å²) in [5, 5.41) is 12.1. The number of carbonyl (C=O) groups is 1. The molecular weight excluding hydrogens is 352 g/mol. The molecule has 1 amide bonds. The Morgan fingerprint density at radius 1 is 1.19 bits per heavy atom. The first-order valence-electron chi connectivity index (χ1n) is 8.18. The van der Waals surface area contributed by atoms with Crippen LogP contribution in [-0.2, 0) is 6.42 Å². The highest BCUT2D eigenvalue weighted by molar-refractivity contribution is 6.30. The molecule has 6 nitrogen and oxygen atoms in total. The van der Waals surface area contributed by atoms with Crippen LogP contribution in [0.1, 0.15) is 21.7 Å². The van der Waals surface area contributed by atoms with Crippen LogP contribution in [0.15, 0.2) is 48.5 Å². The highest BCUT2D eigenvalue weighted by Gasteiger charge is 2.16. The molecule has 0 aliphatic rings. The number of hydrogen-bond acceptors (Lipinski definition) is 4. The maximum atomic E-state index is 12.4. The number of methoxy groups -OCH3 is 1. The fourth-order valence-corrected chi connectivity index (χ4v) is 2.72. The van der Waals surface area contributed by atoms with Crippen LogP contribution in [0.2, 0.25) is 5.02 Å². The Balaban J connectivity index is 1.64. The molecule has 0 saturated carbocycles. The van der Waals surface area contributed by atoms with E-state index in [4.69, 9.17) is 16.3 Å². The molecule has 0 bridgehead atoms. The smallest absolute Gasteiger partial charge is 0.273 e. The fourth-order valence-electron chi connectivity index (χ4n) is 2.54. The van der Waals surface area contributed by atoms with Crippen molar-refractivity contribution in [1.82, 2.24) is 20.3 Å². The van der Waals surface area contributed by atoms with Crippen molar-refractivity contribution in [3.8, 4) is 11.4 Å². The molecule has 0 saturated heterocycles. The van der Waals surface area contributed by atoms with Crippen molar-refractivity contribution in [3.63, 3.8) is 0 Å². The van der Waals surface area contributed by atoms with Crippen LogP contribution >= 0.6 is 11.6 Å². The van der Waals surface area contributed by atoms with E-state index in [2.05, 4.69) is 15.5 Å². The van der Waals surface area contributed by atoms with E-state index in [1.165, 1.54) is 4.80 Å². The SMILES string of the molecule is COc1cccc(CCNC(=O)c2nn(-c3cccc(Cl)c3)nc2C)c1. The molecule has 0 radical (unpaired) electrons. The zero-order valence-electron chi connectivity index (χ0n) is 14.6. The number of halogens is 1. The van der Waals surface area contributed by atoms with Gasteiger partial charge in [0, 0.05) is 11.6 Å². The van der Waals surface area contributed by atoms with Gasteiger partial charge in [-0.05, 0) is 49.2 Å². The van der Waals surface area contributed by atoms with Crippen molar-refractivity contribution in [2.75, 3.05) is 13.7 Å². The summed E-state index contributed by atoms with van der Waals surface area (Å²) < 4.78 is 5.20. The quantitative estimate of drug-likeness (QED) is 0.723. The van der Waals surface area contributed by atoms with Gasteiger partial charge in [0.05, 0.1) is 18.5 Å². The molecule has 0 fully saturated rings. The molecule has 0 unspecified atom stereocenters. The first kappa shape index (κ1) is 17.9. The third-order valence-corrected chi connectivity index (χ3v) is 4.10. The van der Waals surface area contributed by atoms with Crippen molar-refractivity contribution in [2.45, 2.75) is 13.3 Å². The van der Waals surface area contributed by atoms with Gasteiger partial charge in [0.1, 0.15) is 5.75 Å². The second-order valence-electron chi connectivity index (χ2n) is 5.76. The topological polar surface area (TPSA) is 69.0 Å². The summed E-state index contributed by atoms with van der Waals surface area (Å²) in [5.74, 6) is 0.549. The van der Waals surface area contributed by atoms with Gasteiger partial charge >= 0.3 is 0 Å². The van der Waals surface area contributed by atoms with E-state index in [1.807, 2.05) is 36.4 Å². The largest absolute Gasteiger partial charge is 0.497 e. The Morgan fingerprint density at radius 3 is 2.77 bits per heavy atom. The molecule has 0 spiro atoms. The van der Waals surface area contributed by atoms with E-state index in [1.54, 1.807) is 26.2 Å². The minimum absolute atomic E-state index is 0.251. The molecule has 0 aliphatic carbocycles. The van der Waals surface area contributed by atoms with Crippen molar-refractivity contribution in [3.05, 3.63) is 70.5 Å². The number of rotatable bonds is 6. The van der Waals surface area contributed by atoms with Gasteiger partial charge in [-0.1, -0.05) is 29.8 Å². The van der Waals surface area contributed by atoms with Gasteiger partial charge in [-0.2, -0.15) is 9.90 Å². The second-order valence-corrected chi connectivity index (χ2v) is 6.20. The highest BCUT2D eigenvalue weighted by atomic mass is 35.5. The molecule has 7 heteroatoms. The zero-order valence-corrected chi connectivity index (χ0v) is 15.3. The van der Waals surface area contributed by atoms with Crippen LogP contribution in [0.25, 0.3) is 5.69 Å². The first-order chi connectivity index (χ1) is 12.6. The van der Waals surface area contributed by atoms with Crippen LogP contribution in [0, 0.1) is 6.92 Å². The number of aromatic nitrogens is 3. The van der Waals surface area contributed by atoms with Crippen LogP contribution in [0.4, 0.5) is 0 Å². The van der Waals surface area contributed by atoms with Gasteiger partial charge in [-0.3, -0.25) is 4.79 Å². The van der Waals surface area contributed by atoms with Gasteiger partial charge in [0.15, 0.2) is 5.69 Å². The van der Waals surface area contributed by atoms with E-state index in [0.29, 0.717) is 35.1 Å². The number of benzene rings is 2. The van der Waals surface area contributed by atoms with Crippen LogP contribution in [-0.4, -0.2) is 34.6 Å². The van der Waals surface area contributed by atoms with E-state index in [0.717, 1.165) is 11.3 Å². The number of amides is 1. The normalized spacial score (nSPS) is 10.6. The van der Waals surface area contributed by atoms with Crippen molar-refractivity contribution < 1.29 is 9.53 Å². The average Bonchev–Trinajstić information content (AvgIpc) is 3.04. The summed E-state index contributed by atoms with van der Waals surface area (Å²) >= 11 is 6.00. The summed E-state index contributed by atoms with van der Waals surface area (Å²) in [5.41, 5.74) is 2.65. The number of hydrogen-bond donors (Lipinski definition) is 1. The highest BCUT2D eigenvalue weighted by Crippen LogP contribution is 2.15. The summed E-state index contributed by atoms with van der Waals surface area (Å²) in [6.45, 7) is 2.25. The van der Waals surface area contributed by atoms with Gasteiger partial charge in [-0.25, -0.2) is 0 Å². The second kappa shape index (κ2) is 8.01. The Kier molecular flexibility index (Phi) is 5.53. The first-order valence-corrected chi connectivity index (χ1v) is 8.55. The van der Waals surface area contributed by atoms with Gasteiger partial charge in [-0.15, -0.1) is 5.10 Å². The Labute approximate surface area is 156 Å². The molecule has 3 rings (SSSR count). The Bertz CT molecular complexity index is 923. The molecule has 1 N–H and O–H groups in total. The Hall–Kier alpha value is -2.86. The van der Waals surface area contributed by atoms with E-state index in [9.17, 15) is 4.79 Å². The lowest BCUT2D eigenvalue weighted by Crippen LogP contribution is -2.26. The minimum Gasteiger partial charge on any atom is -0.497 e. The van der Waals surface area contributed by atoms with Crippen LogP contribution in [0.5, 0.6) is 5.75 Å². The molecule has 134 valence electrons. The third kappa shape index (κ3) is 4.21. The predicted octanol–water partition coefficient (Wildman–Crippen LogP) is 3.21. The number of nitrogens with zero attached hydrogens (tertiary/aromatic N) is 3. The molecule has 3 aromatic rings. The van der Waals surface area contributed by atoms with E-state index < -0.39 is 0 Å². The molecule has 26 heavy (non-hydrogen) atoms. The van der Waals surface area contributed by atoms with Gasteiger partial charge < -0.3 is 10.1 Å². The van der Waals surface area contributed by atoms with Gasteiger partial charge in [0.2, 0.25) is 0 Å². The summed E-state index contributed by atoms with van der Waals surface area (Å²) in [6, 6.07) is 14.9. The monoisotopic (exact) mass is 370 g/mol. The third-order valence-electron chi connectivity index (χ3n) is 3.87. The predicted molar refractivity (Wildman–Crippen MR) is 100 cm³/mol. The summed E-state index contributed by atoms with van der Waals surface area (Å²) in [6.07, 6.45) is 0.699. The number of ether oxygens (including phenoxy) is 1. The standard InChI is InChI=1S/C19H19ClN4O2/c1-13-18(23-24(22-13)16-7-4-6-15(20)12-16)19(25)21-10-9-14-5-3-8-17(11-14)26-2/h3-8,11-12H,9-10H2,1-2H3,(H,21,25). The molecule has 1 heterocycles. The lowest BCUT2D eigenvalue weighted by molar-refractivity contribution is 0.0948. The number of aryl methyl sites for hydroxylation is 1. The van der Waals surface area contributed by atoms with E-state index >= 15 is 0 Å². The lowest BCUT2D eigenvalue weighted by Gasteiger charge is -2.06. The van der Waals surface area contributed by atoms with Crippen molar-refractivity contribution in [1.29, 1.82) is 0 Å². The molecule has 0 aliphatic heterocycles. The van der Waals surface area contributed by atoms with Gasteiger partial charge in [0.25, 0.3) is 5.91 Å². The minimum atomic E-state index is -0.251. The average molecular weight is 371 g/mol. The molecule has 0 atom stereocenters. The lowest BCUT2D eigenvalue weighted by atomic mass is 10.1. The molecular formula is C19H19ClN4O2. The maximum absolute atomic E-state index is 12.4. The van der Waals surface area contributed by atoms with E-state index in [-0.39, 0.29) is 5.91 Å². The van der Waals surface area contributed by atoms with Crippen molar-refractivity contribution in [2.24, 2.45) is 0 Å². The number of carbonyl (C=O) groups excluding carboxylic acids is 1. The summed E-state index contributed by atoms with van der Waals surface area (Å²) in [7, 11) is 1.63. The molecule has 1 aromatic heterocycles. The summed E-state index contributed by atoms with van der Waals surface area (Å²) in [4.78, 5) is 13.8. The molecule has 2 aromatic carbocycles. The Morgan fingerprint density at radius 2 is 2.00 bits per heavy atom.